The molecule has 0 aromatic heterocycles. The van der Waals surface area contributed by atoms with Gasteiger partial charge in [-0.3, -0.25) is 0 Å². The second kappa shape index (κ2) is 7.56. The third-order valence-electron chi connectivity index (χ3n) is 5.55. The quantitative estimate of drug-likeness (QED) is 0.440. The molecule has 0 heteroatoms. The van der Waals surface area contributed by atoms with Crippen molar-refractivity contribution < 1.29 is 0 Å². The van der Waals surface area contributed by atoms with Crippen LogP contribution in [0, 0.1) is 13.8 Å². The molecule has 0 amide bonds. The smallest absolute Gasteiger partial charge is 0.00298 e. The molecule has 0 N–H and O–H groups in total. The minimum absolute atomic E-state index is 1.11. The van der Waals surface area contributed by atoms with Crippen LogP contribution in [-0.4, -0.2) is 0 Å². The van der Waals surface area contributed by atoms with Crippen LogP contribution < -0.4 is 0 Å². The molecule has 1 aliphatic rings. The minimum Gasteiger partial charge on any atom is -0.0654 e. The van der Waals surface area contributed by atoms with Crippen molar-refractivity contribution in [3.8, 4) is 22.3 Å². The predicted molar refractivity (Wildman–Crippen MR) is 118 cm³/mol. The van der Waals surface area contributed by atoms with Gasteiger partial charge in [0.15, 0.2) is 0 Å². The maximum absolute atomic E-state index is 2.48. The van der Waals surface area contributed by atoms with Gasteiger partial charge in [-0.25, -0.2) is 0 Å². The highest BCUT2D eigenvalue weighted by Gasteiger charge is 2.20. The van der Waals surface area contributed by atoms with Gasteiger partial charge in [-0.1, -0.05) is 96.8 Å². The van der Waals surface area contributed by atoms with Crippen LogP contribution in [0.4, 0.5) is 0 Å². The lowest BCUT2D eigenvalue weighted by Gasteiger charge is -2.16. The van der Waals surface area contributed by atoms with E-state index in [1.165, 1.54) is 63.8 Å². The molecule has 0 radical (unpaired) electrons. The van der Waals surface area contributed by atoms with E-state index in [0.29, 0.717) is 0 Å². The van der Waals surface area contributed by atoms with Crippen molar-refractivity contribution in [2.45, 2.75) is 46.5 Å². The van der Waals surface area contributed by atoms with Crippen LogP contribution in [0.2, 0.25) is 0 Å². The number of unbranched alkanes of at least 4 members (excludes halogenated alkanes) is 1. The number of aryl methyl sites for hydroxylation is 2. The first kappa shape index (κ1) is 17.8. The van der Waals surface area contributed by atoms with Gasteiger partial charge in [0.25, 0.3) is 0 Å². The SMILES string of the molecule is CCCCC1=Cc2c(ccc(-c3ccccc3)c2-c2cc(C)cc(C)c2)C1. The number of fused-ring (bicyclic) bond motifs is 1. The van der Waals surface area contributed by atoms with E-state index < -0.39 is 0 Å². The van der Waals surface area contributed by atoms with Gasteiger partial charge in [0.2, 0.25) is 0 Å². The molecular formula is C27H28. The Balaban J connectivity index is 1.93. The zero-order valence-corrected chi connectivity index (χ0v) is 16.7. The first-order valence-corrected chi connectivity index (χ1v) is 10.1. The van der Waals surface area contributed by atoms with Crippen molar-refractivity contribution >= 4 is 6.08 Å². The molecule has 0 heterocycles. The van der Waals surface area contributed by atoms with E-state index in [1.54, 1.807) is 5.57 Å². The average molecular weight is 353 g/mol. The summed E-state index contributed by atoms with van der Waals surface area (Å²) in [5, 5.41) is 0. The number of allylic oxidation sites excluding steroid dienone is 1. The molecule has 0 bridgehead atoms. The van der Waals surface area contributed by atoms with E-state index in [2.05, 4.69) is 87.5 Å². The molecule has 27 heavy (non-hydrogen) atoms. The van der Waals surface area contributed by atoms with Gasteiger partial charge in [-0.15, -0.1) is 0 Å². The maximum atomic E-state index is 2.48. The van der Waals surface area contributed by atoms with Gasteiger partial charge < -0.3 is 0 Å². The molecule has 0 saturated heterocycles. The van der Waals surface area contributed by atoms with Gasteiger partial charge in [-0.05, 0) is 66.5 Å². The van der Waals surface area contributed by atoms with Gasteiger partial charge in [0, 0.05) is 0 Å². The summed E-state index contributed by atoms with van der Waals surface area (Å²) in [6.45, 7) is 6.67. The number of benzene rings is 3. The van der Waals surface area contributed by atoms with E-state index in [9.17, 15) is 0 Å². The van der Waals surface area contributed by atoms with Crippen molar-refractivity contribution in [3.63, 3.8) is 0 Å². The second-order valence-electron chi connectivity index (χ2n) is 7.89. The van der Waals surface area contributed by atoms with Crippen LogP contribution >= 0.6 is 0 Å². The number of hydrogen-bond donors (Lipinski definition) is 0. The molecule has 0 spiro atoms. The fourth-order valence-electron chi connectivity index (χ4n) is 4.33. The highest BCUT2D eigenvalue weighted by Crippen LogP contribution is 2.42. The first-order valence-electron chi connectivity index (χ1n) is 10.1. The number of rotatable bonds is 5. The van der Waals surface area contributed by atoms with Crippen molar-refractivity contribution in [2.75, 3.05) is 0 Å². The summed E-state index contributed by atoms with van der Waals surface area (Å²) < 4.78 is 0. The topological polar surface area (TPSA) is 0 Å². The summed E-state index contributed by atoms with van der Waals surface area (Å²) in [6, 6.07) is 22.4. The van der Waals surface area contributed by atoms with Gasteiger partial charge in [0.05, 0.1) is 0 Å². The molecule has 0 atom stereocenters. The lowest BCUT2D eigenvalue weighted by molar-refractivity contribution is 0.779. The lowest BCUT2D eigenvalue weighted by Crippen LogP contribution is -1.93. The molecule has 136 valence electrons. The van der Waals surface area contributed by atoms with Crippen LogP contribution in [0.25, 0.3) is 28.3 Å². The summed E-state index contributed by atoms with van der Waals surface area (Å²) >= 11 is 0. The monoisotopic (exact) mass is 352 g/mol. The van der Waals surface area contributed by atoms with Crippen molar-refractivity contribution in [2.24, 2.45) is 0 Å². The summed E-state index contributed by atoms with van der Waals surface area (Å²) in [5.41, 5.74) is 12.5. The van der Waals surface area contributed by atoms with Gasteiger partial charge in [0.1, 0.15) is 0 Å². The highest BCUT2D eigenvalue weighted by molar-refractivity contribution is 5.92. The van der Waals surface area contributed by atoms with E-state index in [1.807, 2.05) is 0 Å². The normalized spacial score (nSPS) is 12.8. The highest BCUT2D eigenvalue weighted by atomic mass is 14.2. The Hall–Kier alpha value is -2.60. The Morgan fingerprint density at radius 1 is 0.815 bits per heavy atom. The first-order chi connectivity index (χ1) is 13.2. The van der Waals surface area contributed by atoms with E-state index in [-0.39, 0.29) is 0 Å². The largest absolute Gasteiger partial charge is 0.0654 e. The summed E-state index contributed by atoms with van der Waals surface area (Å²) in [4.78, 5) is 0. The van der Waals surface area contributed by atoms with Gasteiger partial charge in [-0.2, -0.15) is 0 Å². The van der Waals surface area contributed by atoms with Crippen molar-refractivity contribution in [1.82, 2.24) is 0 Å². The van der Waals surface area contributed by atoms with E-state index in [4.69, 9.17) is 0 Å². The van der Waals surface area contributed by atoms with Crippen LogP contribution in [-0.2, 0) is 6.42 Å². The Bertz CT molecular complexity index is 970. The minimum atomic E-state index is 1.11. The molecule has 3 aromatic carbocycles. The van der Waals surface area contributed by atoms with E-state index >= 15 is 0 Å². The second-order valence-corrected chi connectivity index (χ2v) is 7.89. The van der Waals surface area contributed by atoms with Crippen molar-refractivity contribution in [3.05, 3.63) is 88.5 Å². The van der Waals surface area contributed by atoms with Crippen LogP contribution in [0.1, 0.15) is 48.4 Å². The molecule has 0 nitrogen and oxygen atoms in total. The molecule has 0 fully saturated rings. The molecule has 1 aliphatic carbocycles. The maximum Gasteiger partial charge on any atom is -0.00298 e. The molecular weight excluding hydrogens is 324 g/mol. The fourth-order valence-corrected chi connectivity index (χ4v) is 4.33. The zero-order valence-electron chi connectivity index (χ0n) is 16.7. The number of hydrogen-bond acceptors (Lipinski definition) is 0. The van der Waals surface area contributed by atoms with Crippen LogP contribution in [0.15, 0.2) is 66.2 Å². The predicted octanol–water partition coefficient (Wildman–Crippen LogP) is 7.77. The molecule has 3 aromatic rings. The Morgan fingerprint density at radius 2 is 1.56 bits per heavy atom. The molecule has 4 rings (SSSR count). The zero-order chi connectivity index (χ0) is 18.8. The standard InChI is InChI=1S/C27H28/c1-4-5-9-21-17-23-12-13-25(22-10-7-6-8-11-22)27(26(23)18-21)24-15-19(2)14-20(3)16-24/h6-8,10-16,18H,4-5,9,17H2,1-3H3. The third-order valence-corrected chi connectivity index (χ3v) is 5.55. The van der Waals surface area contributed by atoms with Crippen LogP contribution in [0.5, 0.6) is 0 Å². The van der Waals surface area contributed by atoms with E-state index in [0.717, 1.165) is 6.42 Å². The van der Waals surface area contributed by atoms with Crippen LogP contribution in [0.3, 0.4) is 0 Å². The van der Waals surface area contributed by atoms with Gasteiger partial charge >= 0.3 is 0 Å². The Labute approximate surface area is 163 Å². The summed E-state index contributed by atoms with van der Waals surface area (Å²) in [7, 11) is 0. The summed E-state index contributed by atoms with van der Waals surface area (Å²) in [5.74, 6) is 0. The Morgan fingerprint density at radius 3 is 2.26 bits per heavy atom. The Kier molecular flexibility index (Phi) is 4.99. The molecule has 0 aliphatic heterocycles. The fraction of sp³-hybridized carbons (Fsp3) is 0.259. The average Bonchev–Trinajstić information content (AvgIpc) is 3.08. The summed E-state index contributed by atoms with van der Waals surface area (Å²) in [6.07, 6.45) is 7.35. The molecule has 0 unspecified atom stereocenters. The third kappa shape index (κ3) is 3.62. The van der Waals surface area contributed by atoms with Crippen molar-refractivity contribution in [1.29, 1.82) is 0 Å². The lowest BCUT2D eigenvalue weighted by atomic mass is 9.87. The molecule has 0 saturated carbocycles.